The van der Waals surface area contributed by atoms with Crippen LogP contribution >= 0.6 is 0 Å². The Morgan fingerprint density at radius 1 is 1.31 bits per heavy atom. The van der Waals surface area contributed by atoms with E-state index in [1.54, 1.807) is 0 Å². The lowest BCUT2D eigenvalue weighted by atomic mass is 9.92. The van der Waals surface area contributed by atoms with Crippen molar-refractivity contribution < 1.29 is 18.7 Å². The molecule has 16 heavy (non-hydrogen) atoms. The quantitative estimate of drug-likeness (QED) is 0.365. The molecule has 0 spiro atoms. The highest BCUT2D eigenvalue weighted by atomic mass is 19.1. The highest BCUT2D eigenvalue weighted by Gasteiger charge is 2.24. The lowest BCUT2D eigenvalue weighted by molar-refractivity contribution is -0.145. The van der Waals surface area contributed by atoms with Crippen LogP contribution in [0, 0.1) is 5.92 Å². The van der Waals surface area contributed by atoms with Gasteiger partial charge in [0.25, 0.3) is 0 Å². The van der Waals surface area contributed by atoms with E-state index in [9.17, 15) is 14.0 Å². The SMILES string of the molecule is C=C(C(C)=O)C(CCCCCF)C(=O)OC. The first-order valence-electron chi connectivity index (χ1n) is 5.38. The van der Waals surface area contributed by atoms with Gasteiger partial charge in [0.05, 0.1) is 19.7 Å². The number of hydrogen-bond acceptors (Lipinski definition) is 3. The molecule has 0 saturated carbocycles. The summed E-state index contributed by atoms with van der Waals surface area (Å²) in [4.78, 5) is 22.5. The molecule has 0 heterocycles. The van der Waals surface area contributed by atoms with Crippen LogP contribution in [0.25, 0.3) is 0 Å². The second-order valence-corrected chi connectivity index (χ2v) is 3.70. The minimum Gasteiger partial charge on any atom is -0.469 e. The average molecular weight is 230 g/mol. The molecule has 0 bridgehead atoms. The van der Waals surface area contributed by atoms with Gasteiger partial charge in [0.15, 0.2) is 5.78 Å². The summed E-state index contributed by atoms with van der Waals surface area (Å²) < 4.78 is 16.5. The molecule has 0 aliphatic rings. The largest absolute Gasteiger partial charge is 0.469 e. The van der Waals surface area contributed by atoms with E-state index in [1.807, 2.05) is 0 Å². The molecule has 1 atom stereocenters. The van der Waals surface area contributed by atoms with Crippen LogP contribution < -0.4 is 0 Å². The van der Waals surface area contributed by atoms with E-state index < -0.39 is 11.9 Å². The lowest BCUT2D eigenvalue weighted by Gasteiger charge is -2.14. The fraction of sp³-hybridized carbons (Fsp3) is 0.667. The minimum absolute atomic E-state index is 0.208. The molecular weight excluding hydrogens is 211 g/mol. The number of unbranched alkanes of at least 4 members (excludes halogenated alkanes) is 2. The van der Waals surface area contributed by atoms with Gasteiger partial charge in [-0.05, 0) is 19.8 Å². The van der Waals surface area contributed by atoms with Crippen LogP contribution in [0.2, 0.25) is 0 Å². The summed E-state index contributed by atoms with van der Waals surface area (Å²) in [6.45, 7) is 4.62. The van der Waals surface area contributed by atoms with E-state index in [0.717, 1.165) is 0 Å². The zero-order valence-electron chi connectivity index (χ0n) is 9.92. The molecule has 0 amide bonds. The van der Waals surface area contributed by atoms with E-state index in [1.165, 1.54) is 14.0 Å². The van der Waals surface area contributed by atoms with Crippen molar-refractivity contribution in [1.29, 1.82) is 0 Å². The first-order chi connectivity index (χ1) is 7.54. The summed E-state index contributed by atoms with van der Waals surface area (Å²) in [5.41, 5.74) is 0.270. The maximum atomic E-state index is 11.9. The Bertz CT molecular complexity index is 261. The monoisotopic (exact) mass is 230 g/mol. The van der Waals surface area contributed by atoms with Gasteiger partial charge in [-0.2, -0.15) is 0 Å². The number of Topliss-reactive ketones (excluding diaryl/α,β-unsaturated/α-hetero) is 1. The molecule has 0 aromatic carbocycles. The number of esters is 1. The van der Waals surface area contributed by atoms with Crippen molar-refractivity contribution in [2.75, 3.05) is 13.8 Å². The van der Waals surface area contributed by atoms with Gasteiger partial charge in [0.2, 0.25) is 0 Å². The van der Waals surface area contributed by atoms with Crippen LogP contribution in [0.15, 0.2) is 12.2 Å². The molecule has 0 aromatic rings. The smallest absolute Gasteiger partial charge is 0.313 e. The molecular formula is C12H19FO3. The second kappa shape index (κ2) is 8.02. The van der Waals surface area contributed by atoms with Crippen molar-refractivity contribution in [2.24, 2.45) is 5.92 Å². The molecule has 0 rings (SSSR count). The number of carbonyl (C=O) groups excluding carboxylic acids is 2. The van der Waals surface area contributed by atoms with Crippen LogP contribution in [0.3, 0.4) is 0 Å². The topological polar surface area (TPSA) is 43.4 Å². The molecule has 0 aromatic heterocycles. The maximum Gasteiger partial charge on any atom is 0.313 e. The fourth-order valence-corrected chi connectivity index (χ4v) is 1.44. The Balaban J connectivity index is 4.27. The van der Waals surface area contributed by atoms with Crippen molar-refractivity contribution in [3.8, 4) is 0 Å². The lowest BCUT2D eigenvalue weighted by Crippen LogP contribution is -2.21. The zero-order chi connectivity index (χ0) is 12.6. The van der Waals surface area contributed by atoms with E-state index in [4.69, 9.17) is 0 Å². The number of methoxy groups -OCH3 is 1. The second-order valence-electron chi connectivity index (χ2n) is 3.70. The molecule has 0 aliphatic carbocycles. The van der Waals surface area contributed by atoms with Gasteiger partial charge in [0.1, 0.15) is 0 Å². The summed E-state index contributed by atoms with van der Waals surface area (Å²) >= 11 is 0. The predicted molar refractivity (Wildman–Crippen MR) is 59.8 cm³/mol. The van der Waals surface area contributed by atoms with Crippen molar-refractivity contribution in [1.82, 2.24) is 0 Å². The molecule has 1 unspecified atom stereocenters. The van der Waals surface area contributed by atoms with Gasteiger partial charge in [-0.25, -0.2) is 0 Å². The molecule has 92 valence electrons. The van der Waals surface area contributed by atoms with E-state index in [0.29, 0.717) is 25.7 Å². The van der Waals surface area contributed by atoms with Crippen molar-refractivity contribution >= 4 is 11.8 Å². The van der Waals surface area contributed by atoms with Crippen LogP contribution in [0.4, 0.5) is 4.39 Å². The van der Waals surface area contributed by atoms with E-state index >= 15 is 0 Å². The van der Waals surface area contributed by atoms with Gasteiger partial charge in [-0.15, -0.1) is 0 Å². The molecule has 0 fully saturated rings. The summed E-state index contributed by atoms with van der Waals surface area (Å²) in [6.07, 6.45) is 2.37. The third kappa shape index (κ3) is 5.05. The Kier molecular flexibility index (Phi) is 7.42. The average Bonchev–Trinajstić information content (AvgIpc) is 2.27. The Morgan fingerprint density at radius 2 is 1.94 bits per heavy atom. The third-order valence-electron chi connectivity index (χ3n) is 2.48. The Hall–Kier alpha value is -1.19. The zero-order valence-corrected chi connectivity index (χ0v) is 9.92. The van der Waals surface area contributed by atoms with Crippen LogP contribution in [-0.2, 0) is 14.3 Å². The van der Waals surface area contributed by atoms with Crippen LogP contribution in [0.1, 0.15) is 32.6 Å². The third-order valence-corrected chi connectivity index (χ3v) is 2.48. The van der Waals surface area contributed by atoms with E-state index in [-0.39, 0.29) is 18.0 Å². The molecule has 0 saturated heterocycles. The molecule has 0 N–H and O–H groups in total. The predicted octanol–water partition coefficient (Wildman–Crippen LogP) is 2.45. The number of ketones is 1. The van der Waals surface area contributed by atoms with Gasteiger partial charge < -0.3 is 4.74 Å². The fourth-order valence-electron chi connectivity index (χ4n) is 1.44. The number of ether oxygens (including phenoxy) is 1. The number of carbonyl (C=O) groups is 2. The van der Waals surface area contributed by atoms with E-state index in [2.05, 4.69) is 11.3 Å². The van der Waals surface area contributed by atoms with Crippen LogP contribution in [-0.4, -0.2) is 25.5 Å². The standard InChI is InChI=1S/C12H19FO3/c1-9(10(2)14)11(12(15)16-3)7-5-4-6-8-13/h11H,1,4-8H2,2-3H3. The number of halogens is 1. The molecule has 0 radical (unpaired) electrons. The van der Waals surface area contributed by atoms with Crippen molar-refractivity contribution in [3.05, 3.63) is 12.2 Å². The van der Waals surface area contributed by atoms with Gasteiger partial charge in [0, 0.05) is 5.57 Å². The van der Waals surface area contributed by atoms with Crippen molar-refractivity contribution in [2.45, 2.75) is 32.6 Å². The van der Waals surface area contributed by atoms with Crippen LogP contribution in [0.5, 0.6) is 0 Å². The summed E-state index contributed by atoms with van der Waals surface area (Å²) in [6, 6.07) is 0. The maximum absolute atomic E-state index is 11.9. The molecule has 4 heteroatoms. The summed E-state index contributed by atoms with van der Waals surface area (Å²) in [5, 5.41) is 0. The molecule has 0 aliphatic heterocycles. The number of hydrogen-bond donors (Lipinski definition) is 0. The van der Waals surface area contributed by atoms with Gasteiger partial charge >= 0.3 is 5.97 Å². The minimum atomic E-state index is -0.581. The normalized spacial score (nSPS) is 11.9. The number of alkyl halides is 1. The van der Waals surface area contributed by atoms with Crippen molar-refractivity contribution in [3.63, 3.8) is 0 Å². The molecule has 3 nitrogen and oxygen atoms in total. The number of rotatable bonds is 8. The summed E-state index contributed by atoms with van der Waals surface area (Å²) in [7, 11) is 1.28. The highest BCUT2D eigenvalue weighted by Crippen LogP contribution is 2.19. The highest BCUT2D eigenvalue weighted by molar-refractivity contribution is 5.98. The Morgan fingerprint density at radius 3 is 2.38 bits per heavy atom. The van der Waals surface area contributed by atoms with Gasteiger partial charge in [-0.3, -0.25) is 14.0 Å². The van der Waals surface area contributed by atoms with Gasteiger partial charge in [-0.1, -0.05) is 19.4 Å². The Labute approximate surface area is 95.7 Å². The first kappa shape index (κ1) is 14.8. The summed E-state index contributed by atoms with van der Waals surface area (Å²) in [5.74, 6) is -1.23. The first-order valence-corrected chi connectivity index (χ1v) is 5.38.